The molecule has 0 saturated carbocycles. The van der Waals surface area contributed by atoms with Crippen molar-refractivity contribution in [1.82, 2.24) is 4.90 Å². The molecule has 0 aliphatic carbocycles. The molecule has 1 aromatic carbocycles. The van der Waals surface area contributed by atoms with Crippen molar-refractivity contribution >= 4 is 15.9 Å². The summed E-state index contributed by atoms with van der Waals surface area (Å²) >= 11 is 3.37. The minimum Gasteiger partial charge on any atom is -0.395 e. The zero-order chi connectivity index (χ0) is 13.0. The van der Waals surface area contributed by atoms with Gasteiger partial charge in [0.05, 0.1) is 6.61 Å². The maximum absolute atomic E-state index is 13.7. The number of aliphatic hydroxyl groups excluding tert-OH is 1. The van der Waals surface area contributed by atoms with Gasteiger partial charge in [0.2, 0.25) is 0 Å². The summed E-state index contributed by atoms with van der Waals surface area (Å²) in [5, 5.41) is 9.44. The molecule has 1 unspecified atom stereocenters. The van der Waals surface area contributed by atoms with Crippen LogP contribution in [0.4, 0.5) is 4.39 Å². The van der Waals surface area contributed by atoms with Crippen LogP contribution in [0.25, 0.3) is 0 Å². The van der Waals surface area contributed by atoms with E-state index >= 15 is 0 Å². The standard InChI is InChI=1S/C14H19BrFNO/c15-12-5-6-14(16)11(8-12)9-17-7-3-1-2-4-13(17)10-18/h5-6,8,13,18H,1-4,7,9-10H2. The number of halogens is 2. The molecule has 0 radical (unpaired) electrons. The monoisotopic (exact) mass is 315 g/mol. The number of aliphatic hydroxyl groups is 1. The lowest BCUT2D eigenvalue weighted by Crippen LogP contribution is -2.37. The highest BCUT2D eigenvalue weighted by molar-refractivity contribution is 9.10. The fraction of sp³-hybridized carbons (Fsp3) is 0.571. The number of hydrogen-bond acceptors (Lipinski definition) is 2. The van der Waals surface area contributed by atoms with Crippen LogP contribution in [0.1, 0.15) is 31.2 Å². The van der Waals surface area contributed by atoms with Gasteiger partial charge in [-0.1, -0.05) is 28.8 Å². The summed E-state index contributed by atoms with van der Waals surface area (Å²) < 4.78 is 14.6. The molecule has 0 amide bonds. The molecular formula is C14H19BrFNO. The molecule has 0 bridgehead atoms. The summed E-state index contributed by atoms with van der Waals surface area (Å²) in [6.07, 6.45) is 4.49. The summed E-state index contributed by atoms with van der Waals surface area (Å²) in [7, 11) is 0. The first-order valence-electron chi connectivity index (χ1n) is 6.49. The molecule has 18 heavy (non-hydrogen) atoms. The Morgan fingerprint density at radius 1 is 1.33 bits per heavy atom. The molecule has 1 aromatic rings. The maximum Gasteiger partial charge on any atom is 0.127 e. The van der Waals surface area contributed by atoms with Crippen molar-refractivity contribution in [3.8, 4) is 0 Å². The fourth-order valence-corrected chi connectivity index (χ4v) is 2.94. The SMILES string of the molecule is OCC1CCCCCN1Cc1cc(Br)ccc1F. The highest BCUT2D eigenvalue weighted by Crippen LogP contribution is 2.22. The Kier molecular flexibility index (Phi) is 5.15. The van der Waals surface area contributed by atoms with Gasteiger partial charge < -0.3 is 5.11 Å². The van der Waals surface area contributed by atoms with Gasteiger partial charge in [0.1, 0.15) is 5.82 Å². The molecule has 2 rings (SSSR count). The first-order chi connectivity index (χ1) is 8.70. The smallest absolute Gasteiger partial charge is 0.127 e. The van der Waals surface area contributed by atoms with Crippen LogP contribution in [0.2, 0.25) is 0 Å². The van der Waals surface area contributed by atoms with Crippen LogP contribution in [0.3, 0.4) is 0 Å². The van der Waals surface area contributed by atoms with Crippen molar-refractivity contribution in [1.29, 1.82) is 0 Å². The van der Waals surface area contributed by atoms with E-state index in [9.17, 15) is 9.50 Å². The topological polar surface area (TPSA) is 23.5 Å². The molecule has 1 saturated heterocycles. The third kappa shape index (κ3) is 3.53. The average molecular weight is 316 g/mol. The van der Waals surface area contributed by atoms with Gasteiger partial charge >= 0.3 is 0 Å². The number of nitrogens with zero attached hydrogens (tertiary/aromatic N) is 1. The summed E-state index contributed by atoms with van der Waals surface area (Å²) in [4.78, 5) is 2.21. The molecule has 4 heteroatoms. The van der Waals surface area contributed by atoms with Crippen molar-refractivity contribution in [2.45, 2.75) is 38.3 Å². The zero-order valence-corrected chi connectivity index (χ0v) is 12.0. The third-order valence-corrected chi connectivity index (χ3v) is 4.08. The molecule has 1 atom stereocenters. The van der Waals surface area contributed by atoms with Crippen LogP contribution in [0.5, 0.6) is 0 Å². The average Bonchev–Trinajstić information content (AvgIpc) is 2.59. The molecular weight excluding hydrogens is 297 g/mol. The first kappa shape index (κ1) is 14.0. The lowest BCUT2D eigenvalue weighted by atomic mass is 10.1. The Labute approximate surface area is 116 Å². The summed E-state index contributed by atoms with van der Waals surface area (Å²) in [6.45, 7) is 1.68. The van der Waals surface area contributed by atoms with Crippen LogP contribution < -0.4 is 0 Å². The first-order valence-corrected chi connectivity index (χ1v) is 7.29. The van der Waals surface area contributed by atoms with E-state index in [0.29, 0.717) is 12.1 Å². The Morgan fingerprint density at radius 2 is 2.17 bits per heavy atom. The molecule has 0 spiro atoms. The fourth-order valence-electron chi connectivity index (χ4n) is 2.53. The highest BCUT2D eigenvalue weighted by atomic mass is 79.9. The Balaban J connectivity index is 2.12. The van der Waals surface area contributed by atoms with Crippen molar-refractivity contribution in [3.63, 3.8) is 0 Å². The van der Waals surface area contributed by atoms with Crippen LogP contribution in [-0.4, -0.2) is 29.2 Å². The van der Waals surface area contributed by atoms with Crippen LogP contribution in [0.15, 0.2) is 22.7 Å². The van der Waals surface area contributed by atoms with Gasteiger partial charge in [0.25, 0.3) is 0 Å². The minimum atomic E-state index is -0.167. The molecule has 1 aliphatic heterocycles. The van der Waals surface area contributed by atoms with Crippen LogP contribution >= 0.6 is 15.9 Å². The van der Waals surface area contributed by atoms with Gasteiger partial charge in [0.15, 0.2) is 0 Å². The predicted octanol–water partition coefficient (Wildman–Crippen LogP) is 3.33. The van der Waals surface area contributed by atoms with E-state index in [4.69, 9.17) is 0 Å². The Morgan fingerprint density at radius 3 is 2.94 bits per heavy atom. The van der Waals surface area contributed by atoms with Gasteiger partial charge in [-0.15, -0.1) is 0 Å². The number of likely N-dealkylation sites (tertiary alicyclic amines) is 1. The Hall–Kier alpha value is -0.450. The number of hydrogen-bond donors (Lipinski definition) is 1. The van der Waals surface area contributed by atoms with Gasteiger partial charge in [-0.2, -0.15) is 0 Å². The van der Waals surface area contributed by atoms with E-state index in [2.05, 4.69) is 20.8 Å². The van der Waals surface area contributed by atoms with Gasteiger partial charge in [0, 0.05) is 22.6 Å². The van der Waals surface area contributed by atoms with E-state index in [0.717, 1.165) is 30.3 Å². The summed E-state index contributed by atoms with van der Waals surface area (Å²) in [6, 6.07) is 5.20. The molecule has 1 fully saturated rings. The van der Waals surface area contributed by atoms with E-state index < -0.39 is 0 Å². The zero-order valence-electron chi connectivity index (χ0n) is 10.4. The van der Waals surface area contributed by atoms with Crippen LogP contribution in [0, 0.1) is 5.82 Å². The second-order valence-corrected chi connectivity index (χ2v) is 5.81. The molecule has 100 valence electrons. The Bertz CT molecular complexity index is 399. The van der Waals surface area contributed by atoms with Crippen molar-refractivity contribution in [2.75, 3.05) is 13.2 Å². The van der Waals surface area contributed by atoms with Crippen molar-refractivity contribution in [3.05, 3.63) is 34.1 Å². The van der Waals surface area contributed by atoms with E-state index in [-0.39, 0.29) is 18.5 Å². The number of benzene rings is 1. The van der Waals surface area contributed by atoms with E-state index in [1.54, 1.807) is 6.07 Å². The van der Waals surface area contributed by atoms with Gasteiger partial charge in [-0.05, 0) is 37.6 Å². The van der Waals surface area contributed by atoms with Crippen molar-refractivity contribution in [2.24, 2.45) is 0 Å². The molecule has 1 heterocycles. The second-order valence-electron chi connectivity index (χ2n) is 4.89. The number of rotatable bonds is 3. The van der Waals surface area contributed by atoms with Gasteiger partial charge in [-0.25, -0.2) is 4.39 Å². The molecule has 1 aliphatic rings. The maximum atomic E-state index is 13.7. The quantitative estimate of drug-likeness (QED) is 0.925. The summed E-state index contributed by atoms with van der Waals surface area (Å²) in [5.41, 5.74) is 0.699. The van der Waals surface area contributed by atoms with Crippen molar-refractivity contribution < 1.29 is 9.50 Å². The second kappa shape index (κ2) is 6.64. The van der Waals surface area contributed by atoms with Gasteiger partial charge in [-0.3, -0.25) is 4.90 Å². The predicted molar refractivity (Wildman–Crippen MR) is 73.9 cm³/mol. The molecule has 1 N–H and O–H groups in total. The highest BCUT2D eigenvalue weighted by Gasteiger charge is 2.21. The lowest BCUT2D eigenvalue weighted by Gasteiger charge is -2.28. The van der Waals surface area contributed by atoms with Crippen LogP contribution in [-0.2, 0) is 6.54 Å². The summed E-state index contributed by atoms with van der Waals surface area (Å²) in [5.74, 6) is -0.167. The normalized spacial score (nSPS) is 21.8. The van der Waals surface area contributed by atoms with E-state index in [1.807, 2.05) is 6.07 Å². The van der Waals surface area contributed by atoms with E-state index in [1.165, 1.54) is 12.5 Å². The lowest BCUT2D eigenvalue weighted by molar-refractivity contribution is 0.117. The third-order valence-electron chi connectivity index (χ3n) is 3.59. The largest absolute Gasteiger partial charge is 0.395 e. The molecule has 2 nitrogen and oxygen atoms in total. The molecule has 0 aromatic heterocycles. The minimum absolute atomic E-state index is 0.162.